The van der Waals surface area contributed by atoms with Gasteiger partial charge < -0.3 is 9.72 Å². The Bertz CT molecular complexity index is 1020. The van der Waals surface area contributed by atoms with Crippen molar-refractivity contribution in [1.82, 2.24) is 24.8 Å². The molecule has 0 saturated heterocycles. The van der Waals surface area contributed by atoms with E-state index in [4.69, 9.17) is 4.74 Å². The van der Waals surface area contributed by atoms with Gasteiger partial charge >= 0.3 is 0 Å². The summed E-state index contributed by atoms with van der Waals surface area (Å²) >= 11 is 0. The van der Waals surface area contributed by atoms with Crippen molar-refractivity contribution in [2.45, 2.75) is 19.5 Å². The van der Waals surface area contributed by atoms with Gasteiger partial charge in [0.15, 0.2) is 5.82 Å². The number of fused-ring (bicyclic) bond motifs is 1. The normalized spacial score (nSPS) is 14.0. The molecular formula is C19H18FN5O2. The quantitative estimate of drug-likeness (QED) is 0.759. The zero-order valence-corrected chi connectivity index (χ0v) is 14.8. The van der Waals surface area contributed by atoms with Crippen LogP contribution in [0, 0.1) is 5.82 Å². The van der Waals surface area contributed by atoms with Crippen molar-refractivity contribution in [3.63, 3.8) is 0 Å². The fraction of sp³-hybridized carbons (Fsp3) is 0.263. The monoisotopic (exact) mass is 367 g/mol. The Hall–Kier alpha value is -3.13. The summed E-state index contributed by atoms with van der Waals surface area (Å²) in [5.41, 5.74) is 2.87. The molecule has 1 aliphatic rings. The largest absolute Gasteiger partial charge is 0.479 e. The van der Waals surface area contributed by atoms with E-state index >= 15 is 0 Å². The number of H-pyrrole nitrogens is 1. The predicted molar refractivity (Wildman–Crippen MR) is 96.7 cm³/mol. The van der Waals surface area contributed by atoms with Gasteiger partial charge in [-0.1, -0.05) is 0 Å². The maximum Gasteiger partial charge on any atom is 0.255 e. The summed E-state index contributed by atoms with van der Waals surface area (Å²) in [6.07, 6.45) is 5.58. The van der Waals surface area contributed by atoms with Gasteiger partial charge in [0.05, 0.1) is 18.4 Å². The summed E-state index contributed by atoms with van der Waals surface area (Å²) in [5, 5.41) is 0. The first-order valence-corrected chi connectivity index (χ1v) is 8.57. The van der Waals surface area contributed by atoms with Crippen LogP contribution in [0.3, 0.4) is 0 Å². The number of nitrogens with one attached hydrogen (secondary N) is 1. The van der Waals surface area contributed by atoms with Crippen molar-refractivity contribution in [2.75, 3.05) is 13.7 Å². The van der Waals surface area contributed by atoms with Crippen LogP contribution in [0.5, 0.6) is 5.88 Å². The highest BCUT2D eigenvalue weighted by Crippen LogP contribution is 2.21. The van der Waals surface area contributed by atoms with Crippen molar-refractivity contribution in [3.8, 4) is 17.3 Å². The third-order valence-corrected chi connectivity index (χ3v) is 4.57. The van der Waals surface area contributed by atoms with E-state index in [0.717, 1.165) is 23.4 Å². The van der Waals surface area contributed by atoms with Crippen LogP contribution in [0.15, 0.2) is 41.6 Å². The fourth-order valence-corrected chi connectivity index (χ4v) is 3.22. The van der Waals surface area contributed by atoms with Crippen LogP contribution in [-0.2, 0) is 19.5 Å². The molecule has 1 N–H and O–H groups in total. The second-order valence-corrected chi connectivity index (χ2v) is 6.37. The van der Waals surface area contributed by atoms with Gasteiger partial charge in [-0.2, -0.15) is 0 Å². The molecule has 138 valence electrons. The van der Waals surface area contributed by atoms with Crippen LogP contribution in [-0.4, -0.2) is 38.5 Å². The number of hydrogen-bond acceptors (Lipinski definition) is 6. The average Bonchev–Trinajstić information content (AvgIpc) is 2.69. The van der Waals surface area contributed by atoms with Gasteiger partial charge in [-0.05, 0) is 23.8 Å². The number of ether oxygens (including phenoxy) is 1. The van der Waals surface area contributed by atoms with Crippen molar-refractivity contribution >= 4 is 0 Å². The minimum absolute atomic E-state index is 0.0213. The number of pyridine rings is 2. The highest BCUT2D eigenvalue weighted by atomic mass is 19.1. The van der Waals surface area contributed by atoms with E-state index < -0.39 is 5.82 Å². The maximum absolute atomic E-state index is 13.8. The molecule has 27 heavy (non-hydrogen) atoms. The zero-order valence-electron chi connectivity index (χ0n) is 14.8. The minimum atomic E-state index is -0.492. The number of hydrogen-bond donors (Lipinski definition) is 1. The predicted octanol–water partition coefficient (Wildman–Crippen LogP) is 1.93. The molecular weight excluding hydrogens is 349 g/mol. The number of aromatic nitrogens is 4. The third kappa shape index (κ3) is 3.56. The lowest BCUT2D eigenvalue weighted by atomic mass is 10.1. The first kappa shape index (κ1) is 17.3. The van der Waals surface area contributed by atoms with E-state index in [1.807, 2.05) is 12.1 Å². The molecule has 0 aliphatic carbocycles. The summed E-state index contributed by atoms with van der Waals surface area (Å²) in [4.78, 5) is 30.1. The van der Waals surface area contributed by atoms with E-state index in [0.29, 0.717) is 30.9 Å². The van der Waals surface area contributed by atoms with Gasteiger partial charge in [0, 0.05) is 50.2 Å². The molecule has 0 unspecified atom stereocenters. The molecule has 4 rings (SSSR count). The zero-order chi connectivity index (χ0) is 18.8. The Kier molecular flexibility index (Phi) is 4.64. The topological polar surface area (TPSA) is 84.0 Å². The molecule has 0 bridgehead atoms. The lowest BCUT2D eigenvalue weighted by Crippen LogP contribution is -2.35. The summed E-state index contributed by atoms with van der Waals surface area (Å²) in [6.45, 7) is 1.69. The van der Waals surface area contributed by atoms with Crippen LogP contribution in [0.1, 0.15) is 16.8 Å². The highest BCUT2D eigenvalue weighted by Gasteiger charge is 2.22. The first-order chi connectivity index (χ1) is 13.1. The second kappa shape index (κ2) is 7.24. The van der Waals surface area contributed by atoms with Gasteiger partial charge in [-0.25, -0.2) is 14.4 Å². The Morgan fingerprint density at radius 3 is 2.89 bits per heavy atom. The molecule has 1 aliphatic heterocycles. The summed E-state index contributed by atoms with van der Waals surface area (Å²) in [7, 11) is 1.38. The van der Waals surface area contributed by atoms with Crippen LogP contribution in [0.25, 0.3) is 11.4 Å². The lowest BCUT2D eigenvalue weighted by molar-refractivity contribution is 0.241. The Morgan fingerprint density at radius 2 is 2.15 bits per heavy atom. The van der Waals surface area contributed by atoms with E-state index in [2.05, 4.69) is 24.8 Å². The molecule has 0 spiro atoms. The number of methoxy groups -OCH3 is 1. The fourth-order valence-electron chi connectivity index (χ4n) is 3.22. The lowest BCUT2D eigenvalue weighted by Gasteiger charge is -2.27. The highest BCUT2D eigenvalue weighted by molar-refractivity contribution is 5.54. The van der Waals surface area contributed by atoms with Crippen LogP contribution >= 0.6 is 0 Å². The molecule has 4 heterocycles. The number of halogens is 1. The van der Waals surface area contributed by atoms with Crippen molar-refractivity contribution in [1.29, 1.82) is 0 Å². The van der Waals surface area contributed by atoms with Crippen LogP contribution < -0.4 is 10.3 Å². The van der Waals surface area contributed by atoms with Gasteiger partial charge in [-0.3, -0.25) is 14.7 Å². The Balaban J connectivity index is 1.55. The van der Waals surface area contributed by atoms with Crippen molar-refractivity contribution in [2.24, 2.45) is 0 Å². The molecule has 3 aromatic heterocycles. The van der Waals surface area contributed by atoms with E-state index in [1.165, 1.54) is 13.2 Å². The molecule has 3 aromatic rings. The second-order valence-electron chi connectivity index (χ2n) is 6.37. The molecule has 0 amide bonds. The standard InChI is InChI=1S/C19H18FN5O2/c1-27-19-15(20)8-12(9-22-19)10-25-7-4-16-14(11-25)18(26)24-17(23-16)13-2-5-21-6-3-13/h2-3,5-6,8-9H,4,7,10-11H2,1H3,(H,23,24,26). The van der Waals surface area contributed by atoms with Crippen molar-refractivity contribution < 1.29 is 9.13 Å². The SMILES string of the molecule is COc1ncc(CN2CCc3nc(-c4ccncc4)[nH]c(=O)c3C2)cc1F. The molecule has 8 heteroatoms. The minimum Gasteiger partial charge on any atom is -0.479 e. The molecule has 0 saturated carbocycles. The van der Waals surface area contributed by atoms with Crippen molar-refractivity contribution in [3.05, 3.63) is 69.8 Å². The first-order valence-electron chi connectivity index (χ1n) is 8.57. The summed E-state index contributed by atoms with van der Waals surface area (Å²) in [6, 6.07) is 5.03. The van der Waals surface area contributed by atoms with Gasteiger partial charge in [0.1, 0.15) is 5.82 Å². The van der Waals surface area contributed by atoms with Gasteiger partial charge in [-0.15, -0.1) is 0 Å². The van der Waals surface area contributed by atoms with Crippen LogP contribution in [0.4, 0.5) is 4.39 Å². The van der Waals surface area contributed by atoms with Crippen LogP contribution in [0.2, 0.25) is 0 Å². The Labute approximate surface area is 154 Å². The van der Waals surface area contributed by atoms with E-state index in [1.54, 1.807) is 18.6 Å². The smallest absolute Gasteiger partial charge is 0.255 e. The van der Waals surface area contributed by atoms with E-state index in [9.17, 15) is 9.18 Å². The third-order valence-electron chi connectivity index (χ3n) is 4.57. The average molecular weight is 367 g/mol. The molecule has 7 nitrogen and oxygen atoms in total. The summed E-state index contributed by atoms with van der Waals surface area (Å²) in [5.74, 6) is 0.0389. The molecule has 0 atom stereocenters. The Morgan fingerprint density at radius 1 is 1.33 bits per heavy atom. The number of nitrogens with zero attached hydrogens (tertiary/aromatic N) is 4. The maximum atomic E-state index is 13.8. The van der Waals surface area contributed by atoms with E-state index in [-0.39, 0.29) is 11.4 Å². The molecule has 0 fully saturated rings. The molecule has 0 radical (unpaired) electrons. The van der Waals surface area contributed by atoms with Gasteiger partial charge in [0.25, 0.3) is 5.56 Å². The summed E-state index contributed by atoms with van der Waals surface area (Å²) < 4.78 is 18.7. The van der Waals surface area contributed by atoms with Gasteiger partial charge in [0.2, 0.25) is 5.88 Å². The number of rotatable bonds is 4. The number of aromatic amines is 1. The molecule has 0 aromatic carbocycles.